The molecular weight excluding hydrogens is 288 g/mol. The van der Waals surface area contributed by atoms with Crippen LogP contribution in [0.3, 0.4) is 0 Å². The van der Waals surface area contributed by atoms with Gasteiger partial charge in [-0.3, -0.25) is 4.79 Å². The minimum atomic E-state index is -0.260. The molecule has 0 saturated heterocycles. The largest absolute Gasteiger partial charge is 0.463 e. The van der Waals surface area contributed by atoms with E-state index in [1.165, 1.54) is 6.26 Å². The number of hydrogen-bond donors (Lipinski definition) is 1. The molecule has 2 aliphatic rings. The fourth-order valence-electron chi connectivity index (χ4n) is 2.39. The van der Waals surface area contributed by atoms with E-state index in [0.717, 1.165) is 5.56 Å². The smallest absolute Gasteiger partial charge is 0.261 e. The molecule has 0 fully saturated rings. The highest BCUT2D eigenvalue weighted by Gasteiger charge is 2.28. The Kier molecular flexibility index (Phi) is 2.59. The van der Waals surface area contributed by atoms with Crippen LogP contribution in [-0.4, -0.2) is 11.6 Å². The lowest BCUT2D eigenvalue weighted by molar-refractivity contribution is -0.112. The van der Waals surface area contributed by atoms with Gasteiger partial charge in [0.1, 0.15) is 17.6 Å². The third kappa shape index (κ3) is 1.92. The van der Waals surface area contributed by atoms with Crippen molar-refractivity contribution in [2.45, 2.75) is 0 Å². The zero-order chi connectivity index (χ0) is 14.4. The molecule has 1 N–H and O–H groups in total. The average Bonchev–Trinajstić information content (AvgIpc) is 2.63. The lowest BCUT2D eigenvalue weighted by atomic mass is 10.00. The molecule has 0 unspecified atom stereocenters. The van der Waals surface area contributed by atoms with Crippen molar-refractivity contribution >= 4 is 34.6 Å². The quantitative estimate of drug-likeness (QED) is 0.806. The second-order valence-electron chi connectivity index (χ2n) is 4.72. The van der Waals surface area contributed by atoms with Gasteiger partial charge in [-0.1, -0.05) is 23.7 Å². The molecule has 4 rings (SSSR count). The molecular formula is C16H9ClN2O2. The van der Waals surface area contributed by atoms with Gasteiger partial charge in [0.05, 0.1) is 17.1 Å². The first kappa shape index (κ1) is 12.2. The van der Waals surface area contributed by atoms with Crippen molar-refractivity contribution in [2.24, 2.45) is 4.99 Å². The van der Waals surface area contributed by atoms with E-state index < -0.39 is 0 Å². The summed E-state index contributed by atoms with van der Waals surface area (Å²) in [4.78, 5) is 17.0. The average molecular weight is 297 g/mol. The Morgan fingerprint density at radius 3 is 2.90 bits per heavy atom. The third-order valence-corrected chi connectivity index (χ3v) is 3.62. The number of rotatable bonds is 0. The molecule has 0 radical (unpaired) electrons. The van der Waals surface area contributed by atoms with Crippen molar-refractivity contribution in [2.75, 3.05) is 5.32 Å². The van der Waals surface area contributed by atoms with Gasteiger partial charge in [-0.15, -0.1) is 0 Å². The molecule has 1 amide bonds. The highest BCUT2D eigenvalue weighted by atomic mass is 35.5. The molecule has 2 aromatic carbocycles. The fraction of sp³-hybridized carbons (Fsp3) is 0. The number of benzene rings is 2. The maximum atomic E-state index is 12.3. The van der Waals surface area contributed by atoms with Crippen LogP contribution < -0.4 is 10.1 Å². The molecule has 102 valence electrons. The predicted molar refractivity (Wildman–Crippen MR) is 81.4 cm³/mol. The van der Waals surface area contributed by atoms with Crippen LogP contribution in [0.2, 0.25) is 5.02 Å². The second kappa shape index (κ2) is 4.46. The molecule has 4 nitrogen and oxygen atoms in total. The summed E-state index contributed by atoms with van der Waals surface area (Å²) in [6.07, 6.45) is 1.43. The Bertz CT molecular complexity index is 840. The Hall–Kier alpha value is -2.59. The molecule has 0 saturated carbocycles. The molecule has 2 aromatic rings. The van der Waals surface area contributed by atoms with Gasteiger partial charge >= 0.3 is 0 Å². The number of carbonyl (C=O) groups excluding carboxylic acids is 1. The first-order valence-electron chi connectivity index (χ1n) is 6.38. The van der Waals surface area contributed by atoms with E-state index in [-0.39, 0.29) is 5.91 Å². The van der Waals surface area contributed by atoms with Crippen LogP contribution >= 0.6 is 11.6 Å². The van der Waals surface area contributed by atoms with Gasteiger partial charge in [0, 0.05) is 10.6 Å². The number of hydrogen-bond acceptors (Lipinski definition) is 3. The standard InChI is InChI=1S/C16H9ClN2O2/c17-9-5-6-12-13(7-9)19-16(20)11-8-21-14-4-2-1-3-10(14)15(11)18-12/h1-8H,(H,19,20). The van der Waals surface area contributed by atoms with Gasteiger partial charge in [-0.05, 0) is 30.3 Å². The predicted octanol–water partition coefficient (Wildman–Crippen LogP) is 3.69. The number of nitrogens with one attached hydrogen (secondary N) is 1. The lowest BCUT2D eigenvalue weighted by Crippen LogP contribution is -2.23. The van der Waals surface area contributed by atoms with Gasteiger partial charge in [-0.25, -0.2) is 4.99 Å². The van der Waals surface area contributed by atoms with Crippen LogP contribution in [0.5, 0.6) is 5.75 Å². The van der Waals surface area contributed by atoms with Crippen molar-refractivity contribution in [1.82, 2.24) is 0 Å². The second-order valence-corrected chi connectivity index (χ2v) is 5.16. The number of fused-ring (bicyclic) bond motifs is 4. The number of anilines is 1. The molecule has 0 spiro atoms. The van der Waals surface area contributed by atoms with Crippen LogP contribution in [-0.2, 0) is 4.79 Å². The number of ether oxygens (including phenoxy) is 1. The van der Waals surface area contributed by atoms with Crippen molar-refractivity contribution in [3.8, 4) is 5.75 Å². The monoisotopic (exact) mass is 296 g/mol. The molecule has 0 bridgehead atoms. The summed E-state index contributed by atoms with van der Waals surface area (Å²) in [6, 6.07) is 12.7. The summed E-state index contributed by atoms with van der Waals surface area (Å²) in [5.41, 5.74) is 3.07. The van der Waals surface area contributed by atoms with E-state index in [1.54, 1.807) is 18.2 Å². The zero-order valence-electron chi connectivity index (χ0n) is 10.8. The van der Waals surface area contributed by atoms with E-state index in [4.69, 9.17) is 16.3 Å². The van der Waals surface area contributed by atoms with Crippen LogP contribution in [0.15, 0.2) is 59.3 Å². The molecule has 0 aliphatic carbocycles. The van der Waals surface area contributed by atoms with E-state index in [9.17, 15) is 4.79 Å². The molecule has 2 heterocycles. The van der Waals surface area contributed by atoms with Gasteiger partial charge in [0.15, 0.2) is 0 Å². The normalized spacial score (nSPS) is 15.4. The minimum absolute atomic E-state index is 0.260. The Labute approximate surface area is 125 Å². The number of amides is 1. The van der Waals surface area contributed by atoms with Crippen LogP contribution in [0.25, 0.3) is 0 Å². The third-order valence-electron chi connectivity index (χ3n) is 3.38. The van der Waals surface area contributed by atoms with E-state index in [1.807, 2.05) is 24.3 Å². The van der Waals surface area contributed by atoms with Gasteiger partial charge in [0.2, 0.25) is 0 Å². The SMILES string of the molecule is O=C1Nc2cc(Cl)ccc2N=C2C1=COc1ccccc12. The van der Waals surface area contributed by atoms with Crippen molar-refractivity contribution in [3.63, 3.8) is 0 Å². The first-order chi connectivity index (χ1) is 10.2. The first-order valence-corrected chi connectivity index (χ1v) is 6.76. The van der Waals surface area contributed by atoms with Crippen LogP contribution in [0.4, 0.5) is 11.4 Å². The number of halogens is 1. The Balaban J connectivity index is 1.97. The van der Waals surface area contributed by atoms with E-state index in [2.05, 4.69) is 10.3 Å². The van der Waals surface area contributed by atoms with Crippen molar-refractivity contribution in [3.05, 3.63) is 64.9 Å². The summed E-state index contributed by atoms with van der Waals surface area (Å²) >= 11 is 5.97. The van der Waals surface area contributed by atoms with Crippen LogP contribution in [0.1, 0.15) is 5.56 Å². The molecule has 0 atom stereocenters. The zero-order valence-corrected chi connectivity index (χ0v) is 11.5. The molecule has 5 heteroatoms. The number of para-hydroxylation sites is 1. The lowest BCUT2D eigenvalue weighted by Gasteiger charge is -2.17. The van der Waals surface area contributed by atoms with Gasteiger partial charge in [0.25, 0.3) is 5.91 Å². The summed E-state index contributed by atoms with van der Waals surface area (Å²) < 4.78 is 5.51. The maximum absolute atomic E-state index is 12.3. The van der Waals surface area contributed by atoms with Gasteiger partial charge < -0.3 is 10.1 Å². The Morgan fingerprint density at radius 1 is 1.14 bits per heavy atom. The Morgan fingerprint density at radius 2 is 2.00 bits per heavy atom. The number of nitrogens with zero attached hydrogens (tertiary/aromatic N) is 1. The van der Waals surface area contributed by atoms with Gasteiger partial charge in [-0.2, -0.15) is 0 Å². The molecule has 21 heavy (non-hydrogen) atoms. The summed E-state index contributed by atoms with van der Waals surface area (Å²) in [7, 11) is 0. The highest BCUT2D eigenvalue weighted by Crippen LogP contribution is 2.36. The maximum Gasteiger partial charge on any atom is 0.261 e. The van der Waals surface area contributed by atoms with E-state index in [0.29, 0.717) is 33.4 Å². The van der Waals surface area contributed by atoms with Crippen molar-refractivity contribution < 1.29 is 9.53 Å². The summed E-state index contributed by atoms with van der Waals surface area (Å²) in [6.45, 7) is 0. The fourth-order valence-corrected chi connectivity index (χ4v) is 2.56. The van der Waals surface area contributed by atoms with Crippen molar-refractivity contribution in [1.29, 1.82) is 0 Å². The number of carbonyl (C=O) groups is 1. The minimum Gasteiger partial charge on any atom is -0.463 e. The van der Waals surface area contributed by atoms with E-state index >= 15 is 0 Å². The highest BCUT2D eigenvalue weighted by molar-refractivity contribution is 6.34. The summed E-state index contributed by atoms with van der Waals surface area (Å²) in [5, 5.41) is 3.35. The molecule has 2 aliphatic heterocycles. The molecule has 0 aromatic heterocycles. The summed E-state index contributed by atoms with van der Waals surface area (Å²) in [5.74, 6) is 0.425. The topological polar surface area (TPSA) is 50.7 Å². The van der Waals surface area contributed by atoms with Crippen LogP contribution in [0, 0.1) is 0 Å². The number of aliphatic imine (C=N–C) groups is 1.